The topological polar surface area (TPSA) is 43.4 Å². The Hall–Kier alpha value is -2.68. The highest BCUT2D eigenvalue weighted by molar-refractivity contribution is 6.00. The average molecular weight is 320 g/mol. The van der Waals surface area contributed by atoms with Gasteiger partial charge in [0.1, 0.15) is 5.75 Å². The van der Waals surface area contributed by atoms with E-state index in [4.69, 9.17) is 4.74 Å². The van der Waals surface area contributed by atoms with Crippen molar-refractivity contribution in [2.75, 3.05) is 0 Å². The quantitative estimate of drug-likeness (QED) is 0.466. The van der Waals surface area contributed by atoms with Crippen molar-refractivity contribution < 1.29 is 14.3 Å². The van der Waals surface area contributed by atoms with Crippen LogP contribution in [0.5, 0.6) is 5.75 Å². The molecule has 0 bridgehead atoms. The van der Waals surface area contributed by atoms with Gasteiger partial charge in [-0.15, -0.1) is 0 Å². The van der Waals surface area contributed by atoms with E-state index < -0.39 is 0 Å². The predicted molar refractivity (Wildman–Crippen MR) is 94.0 cm³/mol. The van der Waals surface area contributed by atoms with Crippen molar-refractivity contribution in [3.8, 4) is 5.75 Å². The Balaban J connectivity index is 1.68. The van der Waals surface area contributed by atoms with Gasteiger partial charge < -0.3 is 4.74 Å². The molecule has 0 aliphatic heterocycles. The first-order valence-electron chi connectivity index (χ1n) is 8.24. The SMILES string of the molecule is Cc1ccc(C(=O)Oc2ccc(/C=C3\CCCCC3=O)cc2)cc1. The highest BCUT2D eigenvalue weighted by Crippen LogP contribution is 2.23. The lowest BCUT2D eigenvalue weighted by molar-refractivity contribution is -0.116. The Labute approximate surface area is 142 Å². The van der Waals surface area contributed by atoms with Gasteiger partial charge in [0.2, 0.25) is 0 Å². The van der Waals surface area contributed by atoms with Crippen LogP contribution in [0.3, 0.4) is 0 Å². The fraction of sp³-hybridized carbons (Fsp3) is 0.238. The Morgan fingerprint density at radius 1 is 0.958 bits per heavy atom. The van der Waals surface area contributed by atoms with Crippen LogP contribution < -0.4 is 4.74 Å². The largest absolute Gasteiger partial charge is 0.423 e. The van der Waals surface area contributed by atoms with E-state index in [1.807, 2.05) is 37.3 Å². The lowest BCUT2D eigenvalue weighted by Gasteiger charge is -2.12. The van der Waals surface area contributed by atoms with Crippen molar-refractivity contribution in [2.45, 2.75) is 32.6 Å². The molecule has 122 valence electrons. The van der Waals surface area contributed by atoms with Gasteiger partial charge in [-0.2, -0.15) is 0 Å². The number of ether oxygens (including phenoxy) is 1. The highest BCUT2D eigenvalue weighted by atomic mass is 16.5. The summed E-state index contributed by atoms with van der Waals surface area (Å²) in [5.74, 6) is 0.373. The Morgan fingerprint density at radius 2 is 1.62 bits per heavy atom. The minimum absolute atomic E-state index is 0.246. The summed E-state index contributed by atoms with van der Waals surface area (Å²) < 4.78 is 5.38. The monoisotopic (exact) mass is 320 g/mol. The van der Waals surface area contributed by atoms with Gasteiger partial charge in [0.05, 0.1) is 5.56 Å². The number of Topliss-reactive ketones (excluding diaryl/α,β-unsaturated/α-hetero) is 1. The molecule has 3 rings (SSSR count). The maximum absolute atomic E-state index is 12.1. The normalized spacial score (nSPS) is 16.2. The second-order valence-corrected chi connectivity index (χ2v) is 6.12. The van der Waals surface area contributed by atoms with Gasteiger partial charge in [0, 0.05) is 6.42 Å². The van der Waals surface area contributed by atoms with Crippen LogP contribution in [0, 0.1) is 6.92 Å². The molecule has 1 aliphatic carbocycles. The molecule has 3 heteroatoms. The maximum Gasteiger partial charge on any atom is 0.343 e. The zero-order valence-electron chi connectivity index (χ0n) is 13.7. The molecule has 0 unspecified atom stereocenters. The summed E-state index contributed by atoms with van der Waals surface area (Å²) in [7, 11) is 0. The molecule has 0 heterocycles. The number of esters is 1. The number of hydrogen-bond donors (Lipinski definition) is 0. The van der Waals surface area contributed by atoms with Crippen LogP contribution in [0.15, 0.2) is 54.1 Å². The number of allylic oxidation sites excluding steroid dienone is 1. The van der Waals surface area contributed by atoms with E-state index >= 15 is 0 Å². The van der Waals surface area contributed by atoms with Crippen molar-refractivity contribution in [3.63, 3.8) is 0 Å². The smallest absolute Gasteiger partial charge is 0.343 e. The van der Waals surface area contributed by atoms with Crippen LogP contribution in [-0.4, -0.2) is 11.8 Å². The minimum Gasteiger partial charge on any atom is -0.423 e. The number of hydrogen-bond acceptors (Lipinski definition) is 3. The minimum atomic E-state index is -0.372. The van der Waals surface area contributed by atoms with Crippen LogP contribution in [0.2, 0.25) is 0 Å². The van der Waals surface area contributed by atoms with Gasteiger partial charge in [-0.05, 0) is 67.7 Å². The van der Waals surface area contributed by atoms with E-state index in [9.17, 15) is 9.59 Å². The summed E-state index contributed by atoms with van der Waals surface area (Å²) in [5, 5.41) is 0. The van der Waals surface area contributed by atoms with Crippen molar-refractivity contribution in [3.05, 3.63) is 70.8 Å². The number of ketones is 1. The molecule has 1 aliphatic rings. The zero-order chi connectivity index (χ0) is 16.9. The van der Waals surface area contributed by atoms with Gasteiger partial charge >= 0.3 is 5.97 Å². The van der Waals surface area contributed by atoms with E-state index in [0.29, 0.717) is 17.7 Å². The summed E-state index contributed by atoms with van der Waals surface area (Å²) >= 11 is 0. The second kappa shape index (κ2) is 7.26. The Kier molecular flexibility index (Phi) is 4.90. The van der Waals surface area contributed by atoms with Crippen molar-refractivity contribution >= 4 is 17.8 Å². The molecule has 0 N–H and O–H groups in total. The van der Waals surface area contributed by atoms with Crippen LogP contribution in [0.1, 0.15) is 47.2 Å². The molecular weight excluding hydrogens is 300 g/mol. The van der Waals surface area contributed by atoms with Gasteiger partial charge in [0.15, 0.2) is 5.78 Å². The highest BCUT2D eigenvalue weighted by Gasteiger charge is 2.14. The standard InChI is InChI=1S/C21H20O3/c1-15-6-10-17(11-7-15)21(23)24-19-12-8-16(9-13-19)14-18-4-2-3-5-20(18)22/h6-14H,2-5H2,1H3/b18-14+. The second-order valence-electron chi connectivity index (χ2n) is 6.12. The van der Waals surface area contributed by atoms with E-state index in [0.717, 1.165) is 36.0 Å². The van der Waals surface area contributed by atoms with Crippen molar-refractivity contribution in [2.24, 2.45) is 0 Å². The first kappa shape index (κ1) is 16.2. The third-order valence-corrected chi connectivity index (χ3v) is 4.18. The molecule has 0 spiro atoms. The molecule has 2 aromatic carbocycles. The Bertz CT molecular complexity index is 768. The molecule has 0 atom stereocenters. The number of benzene rings is 2. The maximum atomic E-state index is 12.1. The predicted octanol–water partition coefficient (Wildman–Crippen LogP) is 4.74. The Morgan fingerprint density at radius 3 is 2.29 bits per heavy atom. The van der Waals surface area contributed by atoms with Gasteiger partial charge in [-0.1, -0.05) is 29.8 Å². The number of carbonyl (C=O) groups excluding carboxylic acids is 2. The van der Waals surface area contributed by atoms with E-state index in [2.05, 4.69) is 0 Å². The summed E-state index contributed by atoms with van der Waals surface area (Å²) in [6.45, 7) is 1.97. The molecule has 0 aromatic heterocycles. The first-order valence-corrected chi connectivity index (χ1v) is 8.24. The lowest BCUT2D eigenvalue weighted by Crippen LogP contribution is -2.08. The number of carbonyl (C=O) groups is 2. The van der Waals surface area contributed by atoms with Crippen molar-refractivity contribution in [1.29, 1.82) is 0 Å². The van der Waals surface area contributed by atoms with Crippen LogP contribution in [0.25, 0.3) is 6.08 Å². The number of rotatable bonds is 3. The molecule has 0 radical (unpaired) electrons. The molecule has 2 aromatic rings. The van der Waals surface area contributed by atoms with Crippen LogP contribution in [-0.2, 0) is 4.79 Å². The third-order valence-electron chi connectivity index (χ3n) is 4.18. The van der Waals surface area contributed by atoms with Gasteiger partial charge in [0.25, 0.3) is 0 Å². The molecule has 0 amide bonds. The van der Waals surface area contributed by atoms with Crippen LogP contribution >= 0.6 is 0 Å². The van der Waals surface area contributed by atoms with Gasteiger partial charge in [-0.3, -0.25) is 4.79 Å². The fourth-order valence-corrected chi connectivity index (χ4v) is 2.74. The van der Waals surface area contributed by atoms with Gasteiger partial charge in [-0.25, -0.2) is 4.79 Å². The van der Waals surface area contributed by atoms with E-state index in [-0.39, 0.29) is 11.8 Å². The lowest BCUT2D eigenvalue weighted by atomic mass is 9.92. The summed E-state index contributed by atoms with van der Waals surface area (Å²) in [6.07, 6.45) is 5.50. The molecule has 0 saturated heterocycles. The molecule has 24 heavy (non-hydrogen) atoms. The summed E-state index contributed by atoms with van der Waals surface area (Å²) in [4.78, 5) is 23.9. The number of aryl methyl sites for hydroxylation is 1. The molecule has 1 fully saturated rings. The summed E-state index contributed by atoms with van der Waals surface area (Å²) in [5.41, 5.74) is 3.47. The van der Waals surface area contributed by atoms with E-state index in [1.54, 1.807) is 24.3 Å². The third kappa shape index (κ3) is 3.99. The zero-order valence-corrected chi connectivity index (χ0v) is 13.7. The first-order chi connectivity index (χ1) is 11.6. The molecule has 3 nitrogen and oxygen atoms in total. The van der Waals surface area contributed by atoms with Crippen LogP contribution in [0.4, 0.5) is 0 Å². The molecular formula is C21H20O3. The fourth-order valence-electron chi connectivity index (χ4n) is 2.74. The summed E-state index contributed by atoms with van der Waals surface area (Å²) in [6, 6.07) is 14.5. The van der Waals surface area contributed by atoms with Crippen molar-refractivity contribution in [1.82, 2.24) is 0 Å². The molecule has 1 saturated carbocycles. The average Bonchev–Trinajstić information content (AvgIpc) is 2.59. The van der Waals surface area contributed by atoms with E-state index in [1.165, 1.54) is 0 Å².